The number of amides is 15. The largest absolute Gasteiger partial charge is 0.508 e. The second kappa shape index (κ2) is 46.3. The average Bonchev–Trinajstić information content (AvgIpc) is 1.61. The maximum Gasteiger partial charge on any atom is 0.305 e. The number of H-pyrrole nitrogens is 1. The van der Waals surface area contributed by atoms with Gasteiger partial charge in [-0.15, -0.1) is 11.8 Å². The molecule has 12 unspecified atom stereocenters. The van der Waals surface area contributed by atoms with E-state index in [1.807, 2.05) is 19.1 Å². The summed E-state index contributed by atoms with van der Waals surface area (Å²) in [6.07, 6.45) is 1.67. The molecule has 0 bridgehead atoms. The van der Waals surface area contributed by atoms with Crippen LogP contribution in [-0.2, 0) is 109 Å². The van der Waals surface area contributed by atoms with Crippen molar-refractivity contribution in [1.82, 2.24) is 76.9 Å². The lowest BCUT2D eigenvalue weighted by Crippen LogP contribution is -2.61. The van der Waals surface area contributed by atoms with Gasteiger partial charge in [-0.2, -0.15) is 0 Å². The first kappa shape index (κ1) is 97.1. The zero-order valence-corrected chi connectivity index (χ0v) is 73.5. The van der Waals surface area contributed by atoms with Gasteiger partial charge in [-0.3, -0.25) is 76.7 Å². The van der Waals surface area contributed by atoms with E-state index < -0.39 is 198 Å². The normalized spacial score (nSPS) is 23.7. The van der Waals surface area contributed by atoms with Gasteiger partial charge in [0.2, 0.25) is 88.6 Å². The molecule has 13 N–H and O–H groups in total. The summed E-state index contributed by atoms with van der Waals surface area (Å²) in [7, 11) is 5.40. The van der Waals surface area contributed by atoms with Crippen LogP contribution in [0.3, 0.4) is 0 Å². The molecule has 0 aliphatic carbocycles. The first-order chi connectivity index (χ1) is 60.1. The fourth-order valence-electron chi connectivity index (χ4n) is 16.0. The monoisotopic (exact) mass is 1750 g/mol. The summed E-state index contributed by atoms with van der Waals surface area (Å²) >= 11 is 0.845. The Balaban J connectivity index is 1.10. The van der Waals surface area contributed by atoms with Crippen LogP contribution >= 0.6 is 11.8 Å². The number of primary amides is 1. The number of likely N-dealkylation sites (N-methyl/N-ethyl adjacent to an activating group) is 4. The van der Waals surface area contributed by atoms with Crippen molar-refractivity contribution in [2.24, 2.45) is 17.6 Å². The molecule has 3 aliphatic rings. The SMILES string of the molecule is CCCCC1C(=O)N(C)CC(=O)NC(CC(=O)O)C(=O)NC(C(C)C)C(=O)N(C)C(Cc2ccccc2)C(=O)N2CCCC2C(=O)N2CCCC2C(=O)NC(Cc2c[nH]c3ccccc23)C(=O)NC(Cc2ccc(O)cc2)C(=O)NC(CC(C)C)C(=O)NC(C(=O)NCC(N)=O)CSCC(=O)NC(Cc2ccccc2)C(=O)N(C)C(Cc2ccccc2)C(=O)N1C. The molecule has 1 aromatic heterocycles. The molecule has 34 nitrogen and oxygen atoms in total. The van der Waals surface area contributed by atoms with Crippen LogP contribution in [0, 0.1) is 11.8 Å². The predicted octanol–water partition coefficient (Wildman–Crippen LogP) is 2.42. The van der Waals surface area contributed by atoms with Crippen LogP contribution in [0.2, 0.25) is 0 Å². The quantitative estimate of drug-likeness (QED) is 0.0492. The Morgan fingerprint density at radius 2 is 1.01 bits per heavy atom. The smallest absolute Gasteiger partial charge is 0.305 e. The van der Waals surface area contributed by atoms with Gasteiger partial charge in [0.25, 0.3) is 0 Å². The van der Waals surface area contributed by atoms with Crippen molar-refractivity contribution in [3.8, 4) is 5.75 Å². The van der Waals surface area contributed by atoms with Gasteiger partial charge in [-0.05, 0) is 96.4 Å². The highest BCUT2D eigenvalue weighted by Gasteiger charge is 2.47. The Hall–Kier alpha value is -12.7. The maximum absolute atomic E-state index is 15.6. The summed E-state index contributed by atoms with van der Waals surface area (Å²) in [4.78, 5) is 246. The molecule has 5 aromatic carbocycles. The van der Waals surface area contributed by atoms with Crippen LogP contribution in [0.1, 0.15) is 120 Å². The molecular weight excluding hydrogens is 1640 g/mol. The molecule has 0 radical (unpaired) electrons. The van der Waals surface area contributed by atoms with Crippen molar-refractivity contribution >= 4 is 117 Å². The lowest BCUT2D eigenvalue weighted by Gasteiger charge is -2.37. The van der Waals surface area contributed by atoms with E-state index in [2.05, 4.69) is 47.5 Å². The van der Waals surface area contributed by atoms with Crippen molar-refractivity contribution in [3.63, 3.8) is 0 Å². The van der Waals surface area contributed by atoms with E-state index in [-0.39, 0.29) is 88.3 Å². The number of hydrogen-bond donors (Lipinski definition) is 12. The number of aromatic amines is 1. The number of nitrogens with one attached hydrogen (secondary N) is 9. The molecule has 126 heavy (non-hydrogen) atoms. The third-order valence-electron chi connectivity index (χ3n) is 22.9. The Morgan fingerprint density at radius 1 is 0.508 bits per heavy atom. The first-order valence-electron chi connectivity index (χ1n) is 42.7. The fraction of sp³-hybridized carbons (Fsp3) is 0.473. The number of unbranched alkanes of at least 4 members (excludes halogenated alkanes) is 1. The molecule has 0 saturated carbocycles. The van der Waals surface area contributed by atoms with E-state index in [4.69, 9.17) is 5.73 Å². The average molecular weight is 1760 g/mol. The lowest BCUT2D eigenvalue weighted by molar-refractivity contribution is -0.152. The van der Waals surface area contributed by atoms with E-state index in [0.717, 1.165) is 21.6 Å². The zero-order valence-electron chi connectivity index (χ0n) is 72.7. The predicted molar refractivity (Wildman–Crippen MR) is 470 cm³/mol. The number of fused-ring (bicyclic) bond motifs is 3. The Morgan fingerprint density at radius 3 is 1.60 bits per heavy atom. The summed E-state index contributed by atoms with van der Waals surface area (Å²) in [6, 6.07) is 21.8. The highest BCUT2D eigenvalue weighted by atomic mass is 32.2. The standard InChI is InChI=1S/C91H118N16O18S/c1-10-11-33-71-87(121)102(6)51-76(110)95-67(48-78(112)113)84(118)101-79(55(4)5)91(125)105(9)74(46-58-29-19-14-20-30-58)90(124)107-41-24-35-72(107)89(123)106-40-23-34-70(106)85(119)99-66(47-60-49-93-63-32-22-21-31-62(60)63)83(117)98-65(43-59-36-38-61(108)39-37-59)82(116)97-64(42-54(2)3)81(115)100-69(80(114)94-50-75(92)109)52-126-53-77(111)96-68(44-56-25-15-12-16-26-56)86(120)104(8)73(88(122)103(71)7)45-57-27-17-13-18-28-57/h12-22,25-32,36-39,49,54-55,64-74,79,93,108H,10-11,23-24,33-35,40-48,50-53H2,1-9H3,(H2,92,109)(H,94,114)(H,95,110)(H,96,111)(H,97,116)(H,98,117)(H,99,119)(H,100,115)(H,101,118)(H,112,113). The molecule has 3 aliphatic heterocycles. The second-order valence-corrected chi connectivity index (χ2v) is 34.3. The number of hydrogen-bond acceptors (Lipinski definition) is 18. The molecule has 6 aromatic rings. The summed E-state index contributed by atoms with van der Waals surface area (Å²) in [5.41, 5.74) is 8.95. The van der Waals surface area contributed by atoms with Crippen molar-refractivity contribution in [1.29, 1.82) is 0 Å². The number of phenolic OH excluding ortho intramolecular Hbond substituents is 1. The Labute approximate surface area is 737 Å². The molecule has 15 amide bonds. The number of phenols is 1. The number of nitrogens with two attached hydrogens (primary N) is 1. The number of thioether (sulfide) groups is 1. The van der Waals surface area contributed by atoms with Gasteiger partial charge in [0, 0.05) is 96.2 Å². The van der Waals surface area contributed by atoms with Crippen molar-refractivity contribution < 1.29 is 86.9 Å². The summed E-state index contributed by atoms with van der Waals surface area (Å²) in [6.45, 7) is 7.24. The van der Waals surface area contributed by atoms with Gasteiger partial charge in [0.05, 0.1) is 25.3 Å². The number of rotatable bonds is 21. The van der Waals surface area contributed by atoms with Gasteiger partial charge in [-0.1, -0.05) is 169 Å². The van der Waals surface area contributed by atoms with Gasteiger partial charge in [-0.25, -0.2) is 0 Å². The van der Waals surface area contributed by atoms with E-state index in [1.54, 1.807) is 137 Å². The molecule has 9 rings (SSSR count). The number of carboxylic acid groups (broad SMARTS) is 1. The molecule has 4 heterocycles. The van der Waals surface area contributed by atoms with Gasteiger partial charge < -0.3 is 92.9 Å². The number of aromatic hydroxyl groups is 1. The van der Waals surface area contributed by atoms with E-state index in [0.29, 0.717) is 64.4 Å². The van der Waals surface area contributed by atoms with E-state index in [1.165, 1.54) is 72.1 Å². The van der Waals surface area contributed by atoms with Gasteiger partial charge >= 0.3 is 5.97 Å². The van der Waals surface area contributed by atoms with Gasteiger partial charge in [0.1, 0.15) is 78.3 Å². The van der Waals surface area contributed by atoms with Crippen molar-refractivity contribution in [2.45, 2.75) is 197 Å². The fourth-order valence-corrected chi connectivity index (χ4v) is 16.9. The van der Waals surface area contributed by atoms with Gasteiger partial charge in [0.15, 0.2) is 0 Å². The second-order valence-electron chi connectivity index (χ2n) is 33.3. The minimum absolute atomic E-state index is 0.0412. The molecular formula is C91H118N16O18S. The number of aliphatic carboxylic acids is 1. The van der Waals surface area contributed by atoms with Crippen LogP contribution in [0.4, 0.5) is 0 Å². The number of aromatic nitrogens is 1. The highest BCUT2D eigenvalue weighted by Crippen LogP contribution is 2.30. The number of para-hydroxylation sites is 1. The summed E-state index contributed by atoms with van der Waals surface area (Å²) < 4.78 is 0. The summed E-state index contributed by atoms with van der Waals surface area (Å²) in [5.74, 6) is -16.0. The number of carboxylic acids is 1. The number of benzene rings is 5. The zero-order chi connectivity index (χ0) is 91.6. The van der Waals surface area contributed by atoms with Crippen LogP contribution in [-0.4, -0.2) is 278 Å². The Bertz CT molecular complexity index is 4850. The maximum atomic E-state index is 15.6. The van der Waals surface area contributed by atoms with Crippen molar-refractivity contribution in [3.05, 3.63) is 174 Å². The third kappa shape index (κ3) is 26.9. The van der Waals surface area contributed by atoms with Crippen LogP contribution < -0.4 is 48.3 Å². The highest BCUT2D eigenvalue weighted by molar-refractivity contribution is 8.00. The number of nitrogens with zero attached hydrogens (tertiary/aromatic N) is 6. The minimum atomic E-state index is -1.86. The molecule has 35 heteroatoms. The van der Waals surface area contributed by atoms with Crippen LogP contribution in [0.5, 0.6) is 5.75 Å². The topological polar surface area (TPSA) is 471 Å². The first-order valence-corrected chi connectivity index (χ1v) is 43.8. The minimum Gasteiger partial charge on any atom is -0.508 e. The molecule has 3 saturated heterocycles. The molecule has 0 spiro atoms. The third-order valence-corrected chi connectivity index (χ3v) is 24.0. The van der Waals surface area contributed by atoms with Crippen molar-refractivity contribution in [2.75, 3.05) is 65.9 Å². The number of carbonyl (C=O) groups excluding carboxylic acids is 15. The molecule has 12 atom stereocenters. The molecule has 3 fully saturated rings. The summed E-state index contributed by atoms with van der Waals surface area (Å²) in [5, 5.41) is 42.9. The number of carbonyl (C=O) groups is 16. The van der Waals surface area contributed by atoms with Crippen LogP contribution in [0.15, 0.2) is 146 Å². The molecule has 676 valence electrons. The van der Waals surface area contributed by atoms with E-state index >= 15 is 38.4 Å². The lowest BCUT2D eigenvalue weighted by atomic mass is 9.98. The van der Waals surface area contributed by atoms with Crippen LogP contribution in [0.25, 0.3) is 10.9 Å². The van der Waals surface area contributed by atoms with E-state index in [9.17, 15) is 48.6 Å². The Kier molecular flexibility index (Phi) is 35.7.